The summed E-state index contributed by atoms with van der Waals surface area (Å²) in [6.45, 7) is 0. The molecule has 3 aromatic carbocycles. The van der Waals surface area contributed by atoms with E-state index in [1.54, 1.807) is 37.4 Å². The number of carbonyl (C=O) groups excluding carboxylic acids is 2. The van der Waals surface area contributed by atoms with Gasteiger partial charge in [-0.15, -0.1) is 0 Å². The highest BCUT2D eigenvalue weighted by Crippen LogP contribution is 2.24. The van der Waals surface area contributed by atoms with Crippen molar-refractivity contribution < 1.29 is 19.4 Å². The Labute approximate surface area is 172 Å². The Morgan fingerprint density at radius 2 is 1.66 bits per heavy atom. The van der Waals surface area contributed by atoms with Gasteiger partial charge in [0.05, 0.1) is 19.1 Å². The first-order chi connectivity index (χ1) is 14.0. The number of phenolic OH excluding ortho intramolecular Hbond substituents is 1. The number of benzene rings is 3. The van der Waals surface area contributed by atoms with Gasteiger partial charge in [0.25, 0.3) is 5.91 Å². The van der Waals surface area contributed by atoms with Crippen molar-refractivity contribution in [2.45, 2.75) is 6.42 Å². The van der Waals surface area contributed by atoms with Crippen molar-refractivity contribution in [2.24, 2.45) is 0 Å². The fraction of sp³-hybridized carbons (Fsp3) is 0.0952. The van der Waals surface area contributed by atoms with E-state index in [-0.39, 0.29) is 28.8 Å². The van der Waals surface area contributed by atoms with E-state index in [0.717, 1.165) is 16.3 Å². The number of aromatic hydroxyl groups is 1. The molecule has 0 aliphatic carbocycles. The molecule has 0 saturated heterocycles. The fourth-order valence-corrected chi connectivity index (χ4v) is 2.89. The van der Waals surface area contributed by atoms with Crippen molar-refractivity contribution in [3.63, 3.8) is 0 Å². The second-order valence-corrected chi connectivity index (χ2v) is 6.61. The first-order valence-electron chi connectivity index (χ1n) is 8.71. The van der Waals surface area contributed by atoms with Gasteiger partial charge in [0.15, 0.2) is 5.11 Å². The minimum atomic E-state index is -0.583. The number of methoxy groups -OCH3 is 1. The monoisotopic (exact) mass is 409 g/mol. The summed E-state index contributed by atoms with van der Waals surface area (Å²) in [5.41, 5.74) is 5.70. The number of hydrazine groups is 1. The molecule has 0 saturated carbocycles. The third-order valence-corrected chi connectivity index (χ3v) is 4.38. The first kappa shape index (κ1) is 20.1. The van der Waals surface area contributed by atoms with Gasteiger partial charge in [0.2, 0.25) is 5.91 Å². The summed E-state index contributed by atoms with van der Waals surface area (Å²) in [6.07, 6.45) is 0.116. The van der Waals surface area contributed by atoms with Crippen LogP contribution in [0.3, 0.4) is 0 Å². The van der Waals surface area contributed by atoms with E-state index < -0.39 is 5.91 Å². The van der Waals surface area contributed by atoms with Gasteiger partial charge in [0, 0.05) is 0 Å². The van der Waals surface area contributed by atoms with Crippen LogP contribution in [0.1, 0.15) is 15.9 Å². The summed E-state index contributed by atoms with van der Waals surface area (Å²) in [5.74, 6) is -0.376. The maximum atomic E-state index is 12.3. The predicted octanol–water partition coefficient (Wildman–Crippen LogP) is 2.43. The van der Waals surface area contributed by atoms with Crippen LogP contribution in [0.25, 0.3) is 10.8 Å². The summed E-state index contributed by atoms with van der Waals surface area (Å²) in [5, 5.41) is 14.1. The molecule has 0 aliphatic rings. The normalized spacial score (nSPS) is 10.2. The van der Waals surface area contributed by atoms with Crippen LogP contribution < -0.4 is 20.9 Å². The highest BCUT2D eigenvalue weighted by molar-refractivity contribution is 7.80. The molecule has 0 unspecified atom stereocenters. The SMILES string of the molecule is COc1ccc(CC(=O)NC(=S)NNC(=O)c2cc3ccccc3cc2O)cc1. The molecule has 0 aromatic heterocycles. The molecule has 7 nitrogen and oxygen atoms in total. The second-order valence-electron chi connectivity index (χ2n) is 6.20. The number of thiocarbonyl (C=S) groups is 1. The Morgan fingerprint density at radius 1 is 1.00 bits per heavy atom. The lowest BCUT2D eigenvalue weighted by Crippen LogP contribution is -2.48. The van der Waals surface area contributed by atoms with Gasteiger partial charge < -0.3 is 15.2 Å². The average Bonchev–Trinajstić information content (AvgIpc) is 2.72. The highest BCUT2D eigenvalue weighted by Gasteiger charge is 2.13. The molecule has 0 spiro atoms. The van der Waals surface area contributed by atoms with Gasteiger partial charge in [0.1, 0.15) is 11.5 Å². The van der Waals surface area contributed by atoms with E-state index in [0.29, 0.717) is 5.75 Å². The molecule has 0 aliphatic heterocycles. The number of carbonyl (C=O) groups is 2. The van der Waals surface area contributed by atoms with E-state index in [4.69, 9.17) is 17.0 Å². The van der Waals surface area contributed by atoms with Crippen molar-refractivity contribution in [3.05, 3.63) is 71.8 Å². The van der Waals surface area contributed by atoms with Crippen LogP contribution >= 0.6 is 12.2 Å². The van der Waals surface area contributed by atoms with Crippen molar-refractivity contribution in [3.8, 4) is 11.5 Å². The molecule has 0 heterocycles. The third kappa shape index (κ3) is 5.20. The predicted molar refractivity (Wildman–Crippen MR) is 114 cm³/mol. The number of ether oxygens (including phenoxy) is 1. The zero-order chi connectivity index (χ0) is 20.8. The van der Waals surface area contributed by atoms with Crippen molar-refractivity contribution >= 4 is 39.9 Å². The number of nitrogens with one attached hydrogen (secondary N) is 3. The smallest absolute Gasteiger partial charge is 0.273 e. The van der Waals surface area contributed by atoms with E-state index in [2.05, 4.69) is 16.2 Å². The van der Waals surface area contributed by atoms with Crippen LogP contribution in [-0.4, -0.2) is 29.1 Å². The Kier molecular flexibility index (Phi) is 6.25. The number of phenols is 1. The average molecular weight is 409 g/mol. The Morgan fingerprint density at radius 3 is 2.31 bits per heavy atom. The molecule has 4 N–H and O–H groups in total. The lowest BCUT2D eigenvalue weighted by atomic mass is 10.1. The lowest BCUT2D eigenvalue weighted by molar-refractivity contribution is -0.119. The van der Waals surface area contributed by atoms with Crippen LogP contribution in [0.15, 0.2) is 60.7 Å². The Bertz CT molecular complexity index is 1070. The molecule has 148 valence electrons. The molecule has 0 bridgehead atoms. The van der Waals surface area contributed by atoms with Gasteiger partial charge in [-0.1, -0.05) is 36.4 Å². The summed E-state index contributed by atoms with van der Waals surface area (Å²) in [6, 6.07) is 17.5. The number of hydrogen-bond acceptors (Lipinski definition) is 5. The first-order valence-corrected chi connectivity index (χ1v) is 9.12. The van der Waals surface area contributed by atoms with Crippen molar-refractivity contribution in [1.82, 2.24) is 16.2 Å². The summed E-state index contributed by atoms with van der Waals surface area (Å²) in [4.78, 5) is 24.4. The van der Waals surface area contributed by atoms with Gasteiger partial charge in [-0.3, -0.25) is 20.4 Å². The molecule has 0 fully saturated rings. The maximum absolute atomic E-state index is 12.3. The van der Waals surface area contributed by atoms with Crippen LogP contribution in [-0.2, 0) is 11.2 Å². The van der Waals surface area contributed by atoms with E-state index >= 15 is 0 Å². The van der Waals surface area contributed by atoms with E-state index in [9.17, 15) is 14.7 Å². The second kappa shape index (κ2) is 9.03. The molecular weight excluding hydrogens is 390 g/mol. The minimum Gasteiger partial charge on any atom is -0.507 e. The van der Waals surface area contributed by atoms with E-state index in [1.807, 2.05) is 24.3 Å². The molecule has 0 atom stereocenters. The van der Waals surface area contributed by atoms with Crippen LogP contribution in [0.5, 0.6) is 11.5 Å². The molecule has 3 rings (SSSR count). The molecule has 2 amide bonds. The van der Waals surface area contributed by atoms with Gasteiger partial charge in [-0.05, 0) is 52.8 Å². The molecule has 8 heteroatoms. The quantitative estimate of drug-likeness (QED) is 0.390. The molecule has 29 heavy (non-hydrogen) atoms. The van der Waals surface area contributed by atoms with Crippen LogP contribution in [0.4, 0.5) is 0 Å². The Balaban J connectivity index is 1.53. The molecule has 0 radical (unpaired) electrons. The topological polar surface area (TPSA) is 99.7 Å². The minimum absolute atomic E-state index is 0.0582. The van der Waals surface area contributed by atoms with Gasteiger partial charge in [-0.2, -0.15) is 0 Å². The zero-order valence-electron chi connectivity index (χ0n) is 15.6. The van der Waals surface area contributed by atoms with Crippen LogP contribution in [0.2, 0.25) is 0 Å². The van der Waals surface area contributed by atoms with Gasteiger partial charge >= 0.3 is 0 Å². The zero-order valence-corrected chi connectivity index (χ0v) is 16.4. The number of hydrogen-bond donors (Lipinski definition) is 4. The summed E-state index contributed by atoms with van der Waals surface area (Å²) in [7, 11) is 1.57. The third-order valence-electron chi connectivity index (χ3n) is 4.17. The maximum Gasteiger partial charge on any atom is 0.273 e. The standard InChI is InChI=1S/C21H19N3O4S/c1-28-16-8-6-13(7-9-16)10-19(26)22-21(29)24-23-20(27)17-11-14-4-2-3-5-15(14)12-18(17)25/h2-9,11-12,25H,10H2,1H3,(H,23,27)(H2,22,24,26,29). The Hall–Kier alpha value is -3.65. The fourth-order valence-electron chi connectivity index (χ4n) is 2.72. The highest BCUT2D eigenvalue weighted by atomic mass is 32.1. The van der Waals surface area contributed by atoms with Crippen molar-refractivity contribution in [2.75, 3.05) is 7.11 Å². The van der Waals surface area contributed by atoms with E-state index in [1.165, 1.54) is 6.07 Å². The number of fused-ring (bicyclic) bond motifs is 1. The summed E-state index contributed by atoms with van der Waals surface area (Å²) >= 11 is 5.02. The molecule has 3 aromatic rings. The lowest BCUT2D eigenvalue weighted by Gasteiger charge is -2.12. The van der Waals surface area contributed by atoms with Gasteiger partial charge in [-0.25, -0.2) is 0 Å². The number of amides is 2. The summed E-state index contributed by atoms with van der Waals surface area (Å²) < 4.78 is 5.07. The molecular formula is C21H19N3O4S. The number of rotatable bonds is 4. The van der Waals surface area contributed by atoms with Crippen LogP contribution in [0, 0.1) is 0 Å². The largest absolute Gasteiger partial charge is 0.507 e. The van der Waals surface area contributed by atoms with Crippen molar-refractivity contribution in [1.29, 1.82) is 0 Å².